The number of amides is 1. The summed E-state index contributed by atoms with van der Waals surface area (Å²) < 4.78 is 57.3. The average Bonchev–Trinajstić information content (AvgIpc) is 2.77. The summed E-state index contributed by atoms with van der Waals surface area (Å²) in [4.78, 5) is 13.4. The van der Waals surface area contributed by atoms with E-state index < -0.39 is 41.2 Å². The fourth-order valence-electron chi connectivity index (χ4n) is 2.65. The summed E-state index contributed by atoms with van der Waals surface area (Å²) in [6.45, 7) is 5.34. The summed E-state index contributed by atoms with van der Waals surface area (Å²) in [7, 11) is 0. The highest BCUT2D eigenvalue weighted by Crippen LogP contribution is 2.34. The zero-order chi connectivity index (χ0) is 18.3. The molecular formula is C16H20F4N2O2. The Balaban J connectivity index is 2.22. The Morgan fingerprint density at radius 1 is 1.21 bits per heavy atom. The second-order valence-electron chi connectivity index (χ2n) is 6.93. The lowest BCUT2D eigenvalue weighted by atomic mass is 9.93. The molecule has 134 valence electrons. The zero-order valence-electron chi connectivity index (χ0n) is 13.7. The van der Waals surface area contributed by atoms with Crippen molar-refractivity contribution < 1.29 is 27.1 Å². The monoisotopic (exact) mass is 348 g/mol. The van der Waals surface area contributed by atoms with Crippen molar-refractivity contribution in [3.05, 3.63) is 35.1 Å². The molecule has 1 saturated heterocycles. The fourth-order valence-corrected chi connectivity index (χ4v) is 2.65. The number of carbonyl (C=O) groups excluding carboxylic acids is 1. The minimum Gasteiger partial charge on any atom is -0.444 e. The number of nitrogens with two attached hydrogens (primary N) is 1. The van der Waals surface area contributed by atoms with Crippen molar-refractivity contribution in [2.45, 2.75) is 44.5 Å². The van der Waals surface area contributed by atoms with Crippen LogP contribution < -0.4 is 5.73 Å². The third-order valence-corrected chi connectivity index (χ3v) is 3.69. The maximum absolute atomic E-state index is 13.6. The highest BCUT2D eigenvalue weighted by atomic mass is 19.4. The summed E-state index contributed by atoms with van der Waals surface area (Å²) in [5.74, 6) is -1.57. The van der Waals surface area contributed by atoms with E-state index in [4.69, 9.17) is 10.5 Å². The molecule has 0 radical (unpaired) electrons. The topological polar surface area (TPSA) is 55.6 Å². The summed E-state index contributed by atoms with van der Waals surface area (Å²) >= 11 is 0. The predicted molar refractivity (Wildman–Crippen MR) is 79.9 cm³/mol. The van der Waals surface area contributed by atoms with Crippen LogP contribution in [0.25, 0.3) is 0 Å². The van der Waals surface area contributed by atoms with Gasteiger partial charge >= 0.3 is 12.3 Å². The molecule has 24 heavy (non-hydrogen) atoms. The van der Waals surface area contributed by atoms with E-state index in [2.05, 4.69) is 0 Å². The lowest BCUT2D eigenvalue weighted by molar-refractivity contribution is -0.137. The molecular weight excluding hydrogens is 328 g/mol. The van der Waals surface area contributed by atoms with Crippen molar-refractivity contribution in [2.75, 3.05) is 13.1 Å². The maximum atomic E-state index is 13.6. The predicted octanol–water partition coefficient (Wildman–Crippen LogP) is 3.51. The molecule has 2 rings (SSSR count). The summed E-state index contributed by atoms with van der Waals surface area (Å²) in [6.07, 6.45) is -5.24. The van der Waals surface area contributed by atoms with E-state index in [1.54, 1.807) is 20.8 Å². The molecule has 4 nitrogen and oxygen atoms in total. The summed E-state index contributed by atoms with van der Waals surface area (Å²) in [5.41, 5.74) is 4.32. The Kier molecular flexibility index (Phi) is 4.81. The first-order chi connectivity index (χ1) is 10.9. The van der Waals surface area contributed by atoms with Crippen molar-refractivity contribution in [2.24, 2.45) is 5.73 Å². The van der Waals surface area contributed by atoms with Gasteiger partial charge in [0.1, 0.15) is 11.4 Å². The first-order valence-electron chi connectivity index (χ1n) is 7.48. The summed E-state index contributed by atoms with van der Waals surface area (Å²) in [6, 6.07) is 1.75. The van der Waals surface area contributed by atoms with Crippen LogP contribution in [0.5, 0.6) is 0 Å². The molecule has 2 atom stereocenters. The van der Waals surface area contributed by atoms with E-state index in [0.29, 0.717) is 6.07 Å². The number of halogens is 4. The zero-order valence-corrected chi connectivity index (χ0v) is 13.7. The van der Waals surface area contributed by atoms with E-state index in [1.165, 1.54) is 4.90 Å². The number of benzene rings is 1. The number of likely N-dealkylation sites (tertiary alicyclic amines) is 1. The van der Waals surface area contributed by atoms with Crippen LogP contribution in [-0.2, 0) is 10.9 Å². The SMILES string of the molecule is CC(C)(C)OC(=O)N1C[C@H](c2cc(F)cc(C(F)(F)F)c2)[C@@H](N)C1. The lowest BCUT2D eigenvalue weighted by Crippen LogP contribution is -2.36. The van der Waals surface area contributed by atoms with E-state index >= 15 is 0 Å². The van der Waals surface area contributed by atoms with E-state index in [9.17, 15) is 22.4 Å². The molecule has 1 aliphatic heterocycles. The highest BCUT2D eigenvalue weighted by Gasteiger charge is 2.38. The third-order valence-electron chi connectivity index (χ3n) is 3.69. The third kappa shape index (κ3) is 4.37. The fraction of sp³-hybridized carbons (Fsp3) is 0.562. The molecule has 0 unspecified atom stereocenters. The van der Waals surface area contributed by atoms with Gasteiger partial charge in [-0.15, -0.1) is 0 Å². The first-order valence-corrected chi connectivity index (χ1v) is 7.48. The molecule has 1 aromatic rings. The van der Waals surface area contributed by atoms with Crippen molar-refractivity contribution >= 4 is 6.09 Å². The van der Waals surface area contributed by atoms with Crippen molar-refractivity contribution in [3.63, 3.8) is 0 Å². The first kappa shape index (κ1) is 18.5. The van der Waals surface area contributed by atoms with E-state index in [-0.39, 0.29) is 18.7 Å². The van der Waals surface area contributed by atoms with Crippen molar-refractivity contribution in [3.8, 4) is 0 Å². The Morgan fingerprint density at radius 3 is 2.38 bits per heavy atom. The van der Waals surface area contributed by atoms with Crippen molar-refractivity contribution in [1.29, 1.82) is 0 Å². The molecule has 0 saturated carbocycles. The number of ether oxygens (including phenoxy) is 1. The number of carbonyl (C=O) groups is 1. The van der Waals surface area contributed by atoms with Gasteiger partial charge in [-0.05, 0) is 44.5 Å². The van der Waals surface area contributed by atoms with Crippen LogP contribution in [-0.4, -0.2) is 35.7 Å². The smallest absolute Gasteiger partial charge is 0.416 e. The summed E-state index contributed by atoms with van der Waals surface area (Å²) in [5, 5.41) is 0. The standard InChI is InChI=1S/C16H20F4N2O2/c1-15(2,3)24-14(23)22-7-12(13(21)8-22)9-4-10(16(18,19)20)6-11(17)5-9/h4-6,12-13H,7-8,21H2,1-3H3/t12-,13+/m1/s1. The van der Waals surface area contributed by atoms with E-state index in [0.717, 1.165) is 12.1 Å². The molecule has 0 aromatic heterocycles. The molecule has 2 N–H and O–H groups in total. The Hall–Kier alpha value is -1.83. The van der Waals surface area contributed by atoms with Gasteiger partial charge in [0.05, 0.1) is 5.56 Å². The van der Waals surface area contributed by atoms with Crippen molar-refractivity contribution in [1.82, 2.24) is 4.90 Å². The van der Waals surface area contributed by atoms with Crippen LogP contribution >= 0.6 is 0 Å². The minimum atomic E-state index is -4.65. The van der Waals surface area contributed by atoms with Crippen LogP contribution in [0, 0.1) is 5.82 Å². The molecule has 1 aromatic carbocycles. The second-order valence-corrected chi connectivity index (χ2v) is 6.93. The Labute approximate surface area is 137 Å². The average molecular weight is 348 g/mol. The largest absolute Gasteiger partial charge is 0.444 e. The van der Waals surface area contributed by atoms with Crippen LogP contribution in [0.1, 0.15) is 37.8 Å². The molecule has 1 fully saturated rings. The molecule has 1 amide bonds. The Morgan fingerprint density at radius 2 is 1.83 bits per heavy atom. The lowest BCUT2D eigenvalue weighted by Gasteiger charge is -2.24. The molecule has 0 aliphatic carbocycles. The van der Waals surface area contributed by atoms with Gasteiger partial charge in [-0.2, -0.15) is 13.2 Å². The molecule has 1 aliphatic rings. The van der Waals surface area contributed by atoms with Crippen LogP contribution in [0.4, 0.5) is 22.4 Å². The van der Waals surface area contributed by atoms with Gasteiger partial charge in [-0.1, -0.05) is 0 Å². The second kappa shape index (κ2) is 6.23. The van der Waals surface area contributed by atoms with Crippen LogP contribution in [0.2, 0.25) is 0 Å². The quantitative estimate of drug-likeness (QED) is 0.790. The van der Waals surface area contributed by atoms with Gasteiger partial charge in [0.2, 0.25) is 0 Å². The molecule has 0 bridgehead atoms. The van der Waals surface area contributed by atoms with Gasteiger partial charge in [0, 0.05) is 25.0 Å². The van der Waals surface area contributed by atoms with Crippen LogP contribution in [0.15, 0.2) is 18.2 Å². The molecule has 8 heteroatoms. The van der Waals surface area contributed by atoms with Gasteiger partial charge in [-0.3, -0.25) is 0 Å². The molecule has 1 heterocycles. The van der Waals surface area contributed by atoms with Gasteiger partial charge in [0.15, 0.2) is 0 Å². The number of nitrogens with zero attached hydrogens (tertiary/aromatic N) is 1. The number of hydrogen-bond donors (Lipinski definition) is 1. The number of rotatable bonds is 1. The minimum absolute atomic E-state index is 0.0802. The van der Waals surface area contributed by atoms with Gasteiger partial charge in [0.25, 0.3) is 0 Å². The highest BCUT2D eigenvalue weighted by molar-refractivity contribution is 5.69. The number of alkyl halides is 3. The van der Waals surface area contributed by atoms with Gasteiger partial charge in [-0.25, -0.2) is 9.18 Å². The Bertz CT molecular complexity index is 625. The van der Waals surface area contributed by atoms with Crippen LogP contribution in [0.3, 0.4) is 0 Å². The van der Waals surface area contributed by atoms with E-state index in [1.807, 2.05) is 0 Å². The molecule has 0 spiro atoms. The van der Waals surface area contributed by atoms with Gasteiger partial charge < -0.3 is 15.4 Å². The normalized spacial score (nSPS) is 21.9. The number of hydrogen-bond acceptors (Lipinski definition) is 3. The maximum Gasteiger partial charge on any atom is 0.416 e.